The van der Waals surface area contributed by atoms with Crippen LogP contribution in [-0.4, -0.2) is 48.2 Å². The number of halogens is 2. The number of carbonyl (C=O) groups excluding carboxylic acids is 1. The average Bonchev–Trinajstić information content (AvgIpc) is 2.42. The van der Waals surface area contributed by atoms with Crippen LogP contribution >= 0.6 is 11.6 Å². The molecule has 1 saturated heterocycles. The van der Waals surface area contributed by atoms with Gasteiger partial charge in [-0.25, -0.2) is 4.39 Å². The molecule has 2 rings (SSSR count). The Morgan fingerprint density at radius 3 is 2.76 bits per heavy atom. The predicted octanol–water partition coefficient (Wildman–Crippen LogP) is 2.06. The molecule has 0 aliphatic carbocycles. The number of nitrogens with zero attached hydrogens (tertiary/aromatic N) is 1. The van der Waals surface area contributed by atoms with E-state index in [1.165, 1.54) is 12.1 Å². The molecule has 6 heteroatoms. The van der Waals surface area contributed by atoms with Gasteiger partial charge in [0, 0.05) is 24.7 Å². The molecule has 2 N–H and O–H groups in total. The third-order valence-corrected chi connectivity index (χ3v) is 4.20. The predicted molar refractivity (Wildman–Crippen MR) is 80.0 cm³/mol. The van der Waals surface area contributed by atoms with Gasteiger partial charge in [0.15, 0.2) is 0 Å². The summed E-state index contributed by atoms with van der Waals surface area (Å²) in [6.07, 6.45) is 1.85. The average molecular weight is 315 g/mol. The third kappa shape index (κ3) is 4.40. The second-order valence-electron chi connectivity index (χ2n) is 5.66. The molecule has 0 saturated carbocycles. The Kier molecular flexibility index (Phi) is 5.19. The summed E-state index contributed by atoms with van der Waals surface area (Å²) in [6.45, 7) is 2.01. The highest BCUT2D eigenvalue weighted by Crippen LogP contribution is 2.24. The summed E-state index contributed by atoms with van der Waals surface area (Å²) in [4.78, 5) is 14.1. The molecule has 0 unspecified atom stereocenters. The first-order valence-corrected chi connectivity index (χ1v) is 7.42. The molecule has 0 radical (unpaired) electrons. The Labute approximate surface area is 128 Å². The van der Waals surface area contributed by atoms with Crippen molar-refractivity contribution in [2.75, 3.05) is 26.7 Å². The molecule has 0 aromatic heterocycles. The van der Waals surface area contributed by atoms with E-state index in [0.29, 0.717) is 25.8 Å². The molecule has 116 valence electrons. The summed E-state index contributed by atoms with van der Waals surface area (Å²) < 4.78 is 13.6. The molecule has 1 aromatic carbocycles. The fraction of sp³-hybridized carbons (Fsp3) is 0.533. The molecule has 1 aliphatic rings. The molecule has 21 heavy (non-hydrogen) atoms. The fourth-order valence-electron chi connectivity index (χ4n) is 2.46. The van der Waals surface area contributed by atoms with E-state index in [1.54, 1.807) is 0 Å². The van der Waals surface area contributed by atoms with Crippen LogP contribution in [0.2, 0.25) is 5.02 Å². The van der Waals surface area contributed by atoms with Gasteiger partial charge in [0.1, 0.15) is 5.82 Å². The molecule has 0 bridgehead atoms. The zero-order valence-corrected chi connectivity index (χ0v) is 12.8. The molecule has 1 heterocycles. The van der Waals surface area contributed by atoms with Crippen molar-refractivity contribution in [2.24, 2.45) is 0 Å². The Hall–Kier alpha value is -1.17. The minimum absolute atomic E-state index is 0.0326. The molecule has 1 aromatic rings. The first-order chi connectivity index (χ1) is 9.89. The summed E-state index contributed by atoms with van der Waals surface area (Å²) in [6, 6.07) is 3.95. The zero-order chi connectivity index (χ0) is 15.5. The highest BCUT2D eigenvalue weighted by Gasteiger charge is 2.30. The van der Waals surface area contributed by atoms with Crippen molar-refractivity contribution in [2.45, 2.75) is 24.9 Å². The SMILES string of the molecule is CN1CCC(O)(CCNC(=O)c2ccc(Cl)cc2F)CC1. The normalized spacial score (nSPS) is 18.5. The maximum absolute atomic E-state index is 13.6. The quantitative estimate of drug-likeness (QED) is 0.894. The highest BCUT2D eigenvalue weighted by atomic mass is 35.5. The maximum atomic E-state index is 13.6. The summed E-state index contributed by atoms with van der Waals surface area (Å²) in [7, 11) is 2.02. The number of carbonyl (C=O) groups is 1. The van der Waals surface area contributed by atoms with Gasteiger partial charge in [-0.05, 0) is 44.5 Å². The number of amides is 1. The van der Waals surface area contributed by atoms with Crippen molar-refractivity contribution in [1.29, 1.82) is 0 Å². The first kappa shape index (κ1) is 16.2. The lowest BCUT2D eigenvalue weighted by Crippen LogP contribution is -2.44. The second kappa shape index (κ2) is 6.73. The Morgan fingerprint density at radius 1 is 1.48 bits per heavy atom. The molecular formula is C15H20ClFN2O2. The number of piperidine rings is 1. The van der Waals surface area contributed by atoms with Crippen LogP contribution in [0.15, 0.2) is 18.2 Å². The van der Waals surface area contributed by atoms with Crippen LogP contribution in [0.1, 0.15) is 29.6 Å². The minimum Gasteiger partial charge on any atom is -0.390 e. The van der Waals surface area contributed by atoms with Crippen LogP contribution in [0.5, 0.6) is 0 Å². The number of hydrogen-bond acceptors (Lipinski definition) is 3. The van der Waals surface area contributed by atoms with E-state index < -0.39 is 17.3 Å². The lowest BCUT2D eigenvalue weighted by Gasteiger charge is -2.36. The highest BCUT2D eigenvalue weighted by molar-refractivity contribution is 6.30. The molecule has 1 fully saturated rings. The largest absolute Gasteiger partial charge is 0.390 e. The van der Waals surface area contributed by atoms with E-state index in [0.717, 1.165) is 19.2 Å². The van der Waals surface area contributed by atoms with Crippen LogP contribution in [0.3, 0.4) is 0 Å². The minimum atomic E-state index is -0.738. The first-order valence-electron chi connectivity index (χ1n) is 7.04. The zero-order valence-electron chi connectivity index (χ0n) is 12.0. The van der Waals surface area contributed by atoms with Crippen molar-refractivity contribution < 1.29 is 14.3 Å². The van der Waals surface area contributed by atoms with Crippen molar-refractivity contribution in [3.05, 3.63) is 34.6 Å². The molecule has 1 aliphatic heterocycles. The number of benzene rings is 1. The van der Waals surface area contributed by atoms with Gasteiger partial charge in [0.2, 0.25) is 0 Å². The standard InChI is InChI=1S/C15H20ClFN2O2/c1-19-8-5-15(21,6-9-19)4-7-18-14(20)12-3-2-11(16)10-13(12)17/h2-3,10,21H,4-9H2,1H3,(H,18,20). The number of likely N-dealkylation sites (tertiary alicyclic amines) is 1. The summed E-state index contributed by atoms with van der Waals surface area (Å²) in [5.74, 6) is -1.13. The van der Waals surface area contributed by atoms with E-state index in [4.69, 9.17) is 11.6 Å². The van der Waals surface area contributed by atoms with Crippen molar-refractivity contribution >= 4 is 17.5 Å². The second-order valence-corrected chi connectivity index (χ2v) is 6.09. The lowest BCUT2D eigenvalue weighted by atomic mass is 9.88. The van der Waals surface area contributed by atoms with Crippen LogP contribution in [0.25, 0.3) is 0 Å². The van der Waals surface area contributed by atoms with Gasteiger partial charge in [-0.3, -0.25) is 4.79 Å². The monoisotopic (exact) mass is 314 g/mol. The van der Waals surface area contributed by atoms with E-state index in [2.05, 4.69) is 10.2 Å². The van der Waals surface area contributed by atoms with Crippen LogP contribution < -0.4 is 5.32 Å². The topological polar surface area (TPSA) is 52.6 Å². The van der Waals surface area contributed by atoms with Crippen LogP contribution in [0, 0.1) is 5.82 Å². The van der Waals surface area contributed by atoms with E-state index in [9.17, 15) is 14.3 Å². The lowest BCUT2D eigenvalue weighted by molar-refractivity contribution is -0.0214. The van der Waals surface area contributed by atoms with Gasteiger partial charge >= 0.3 is 0 Å². The smallest absolute Gasteiger partial charge is 0.254 e. The van der Waals surface area contributed by atoms with Crippen LogP contribution in [-0.2, 0) is 0 Å². The van der Waals surface area contributed by atoms with Crippen LogP contribution in [0.4, 0.5) is 4.39 Å². The van der Waals surface area contributed by atoms with E-state index in [-0.39, 0.29) is 10.6 Å². The van der Waals surface area contributed by atoms with Gasteiger partial charge in [0.05, 0.1) is 11.2 Å². The number of nitrogens with one attached hydrogen (secondary N) is 1. The van der Waals surface area contributed by atoms with Crippen molar-refractivity contribution in [1.82, 2.24) is 10.2 Å². The van der Waals surface area contributed by atoms with E-state index in [1.807, 2.05) is 7.05 Å². The molecule has 0 spiro atoms. The number of rotatable bonds is 4. The van der Waals surface area contributed by atoms with Crippen molar-refractivity contribution in [3.8, 4) is 0 Å². The Bertz CT molecular complexity index is 516. The maximum Gasteiger partial charge on any atom is 0.254 e. The molecule has 4 nitrogen and oxygen atoms in total. The third-order valence-electron chi connectivity index (χ3n) is 3.97. The Balaban J connectivity index is 1.84. The number of hydrogen-bond donors (Lipinski definition) is 2. The Morgan fingerprint density at radius 2 is 2.14 bits per heavy atom. The summed E-state index contributed by atoms with van der Waals surface area (Å²) in [5, 5.41) is 13.3. The fourth-order valence-corrected chi connectivity index (χ4v) is 2.62. The van der Waals surface area contributed by atoms with Gasteiger partial charge in [-0.2, -0.15) is 0 Å². The van der Waals surface area contributed by atoms with E-state index >= 15 is 0 Å². The molecule has 0 atom stereocenters. The summed E-state index contributed by atoms with van der Waals surface area (Å²) >= 11 is 5.65. The van der Waals surface area contributed by atoms with Gasteiger partial charge in [-0.15, -0.1) is 0 Å². The molecule has 1 amide bonds. The molecular weight excluding hydrogens is 295 g/mol. The van der Waals surface area contributed by atoms with Crippen molar-refractivity contribution in [3.63, 3.8) is 0 Å². The van der Waals surface area contributed by atoms with Gasteiger partial charge in [-0.1, -0.05) is 11.6 Å². The van der Waals surface area contributed by atoms with Gasteiger partial charge in [0.25, 0.3) is 5.91 Å². The summed E-state index contributed by atoms with van der Waals surface area (Å²) in [5.41, 5.74) is -0.770. The number of aliphatic hydroxyl groups is 1. The van der Waals surface area contributed by atoms with Gasteiger partial charge < -0.3 is 15.3 Å².